The number of hydrogen-bond acceptors (Lipinski definition) is 4. The fraction of sp³-hybridized carbons (Fsp3) is 0.333. The number of anilines is 1. The van der Waals surface area contributed by atoms with E-state index < -0.39 is 10.0 Å². The fourth-order valence-electron chi connectivity index (χ4n) is 2.83. The second-order valence-corrected chi connectivity index (χ2v) is 8.88. The van der Waals surface area contributed by atoms with Crippen LogP contribution in [0.4, 0.5) is 5.69 Å². The van der Waals surface area contributed by atoms with Gasteiger partial charge in [-0.05, 0) is 29.8 Å². The molecule has 2 aromatic carbocycles. The SMILES string of the molecule is CN(Cc1ccc(N2CCOCC2)cc1)S(=O)(=O)c1cccc(Cl)c1Cl. The molecule has 0 saturated carbocycles. The van der Waals surface area contributed by atoms with Crippen LogP contribution in [0.25, 0.3) is 0 Å². The molecule has 8 heteroatoms. The lowest BCUT2D eigenvalue weighted by molar-refractivity contribution is 0.122. The van der Waals surface area contributed by atoms with Crippen molar-refractivity contribution in [2.75, 3.05) is 38.3 Å². The second kappa shape index (κ2) is 8.15. The van der Waals surface area contributed by atoms with Crippen molar-refractivity contribution in [3.05, 3.63) is 58.1 Å². The second-order valence-electron chi connectivity index (χ2n) is 6.08. The largest absolute Gasteiger partial charge is 0.378 e. The molecule has 0 radical (unpaired) electrons. The maximum absolute atomic E-state index is 12.8. The van der Waals surface area contributed by atoms with Crippen molar-refractivity contribution in [2.24, 2.45) is 0 Å². The molecule has 0 bridgehead atoms. The fourth-order valence-corrected chi connectivity index (χ4v) is 4.72. The van der Waals surface area contributed by atoms with Crippen LogP contribution in [0.2, 0.25) is 10.0 Å². The summed E-state index contributed by atoms with van der Waals surface area (Å²) in [5, 5.41) is 0.264. The van der Waals surface area contributed by atoms with Crippen LogP contribution in [0.1, 0.15) is 5.56 Å². The Kier molecular flexibility index (Phi) is 6.10. The molecule has 140 valence electrons. The Morgan fingerprint density at radius 3 is 2.38 bits per heavy atom. The molecule has 1 fully saturated rings. The van der Waals surface area contributed by atoms with Gasteiger partial charge in [0.1, 0.15) is 4.90 Å². The van der Waals surface area contributed by atoms with Crippen LogP contribution in [0.15, 0.2) is 47.4 Å². The first kappa shape index (κ1) is 19.5. The van der Waals surface area contributed by atoms with Gasteiger partial charge < -0.3 is 9.64 Å². The van der Waals surface area contributed by atoms with Crippen molar-refractivity contribution in [1.82, 2.24) is 4.31 Å². The number of halogens is 2. The zero-order valence-electron chi connectivity index (χ0n) is 14.4. The van der Waals surface area contributed by atoms with Gasteiger partial charge in [-0.1, -0.05) is 41.4 Å². The van der Waals surface area contributed by atoms with Gasteiger partial charge in [-0.2, -0.15) is 4.31 Å². The molecule has 0 aromatic heterocycles. The van der Waals surface area contributed by atoms with E-state index in [9.17, 15) is 8.42 Å². The molecule has 0 atom stereocenters. The number of hydrogen-bond donors (Lipinski definition) is 0. The first-order valence-corrected chi connectivity index (χ1v) is 10.4. The van der Waals surface area contributed by atoms with E-state index in [0.717, 1.165) is 37.6 Å². The first-order valence-electron chi connectivity index (χ1n) is 8.21. The highest BCUT2D eigenvalue weighted by Crippen LogP contribution is 2.31. The van der Waals surface area contributed by atoms with Gasteiger partial charge in [-0.15, -0.1) is 0 Å². The van der Waals surface area contributed by atoms with Crippen LogP contribution >= 0.6 is 23.2 Å². The van der Waals surface area contributed by atoms with E-state index in [1.807, 2.05) is 24.3 Å². The topological polar surface area (TPSA) is 49.9 Å². The lowest BCUT2D eigenvalue weighted by Gasteiger charge is -2.29. The predicted octanol–water partition coefficient (Wildman–Crippen LogP) is 3.65. The molecular formula is C18H20Cl2N2O3S. The van der Waals surface area contributed by atoms with Crippen LogP contribution in [0.3, 0.4) is 0 Å². The Morgan fingerprint density at radius 1 is 1.08 bits per heavy atom. The summed E-state index contributed by atoms with van der Waals surface area (Å²) in [5.74, 6) is 0. The Balaban J connectivity index is 1.74. The summed E-state index contributed by atoms with van der Waals surface area (Å²) < 4.78 is 32.2. The number of benzene rings is 2. The molecule has 5 nitrogen and oxygen atoms in total. The third-order valence-electron chi connectivity index (χ3n) is 4.32. The number of sulfonamides is 1. The van der Waals surface area contributed by atoms with Gasteiger partial charge in [0, 0.05) is 32.4 Å². The van der Waals surface area contributed by atoms with Crippen molar-refractivity contribution in [1.29, 1.82) is 0 Å². The van der Waals surface area contributed by atoms with E-state index in [-0.39, 0.29) is 21.5 Å². The maximum atomic E-state index is 12.8. The summed E-state index contributed by atoms with van der Waals surface area (Å²) >= 11 is 12.0. The molecule has 26 heavy (non-hydrogen) atoms. The predicted molar refractivity (Wildman–Crippen MR) is 105 cm³/mol. The smallest absolute Gasteiger partial charge is 0.244 e. The quantitative estimate of drug-likeness (QED) is 0.748. The van der Waals surface area contributed by atoms with Gasteiger partial charge in [0.05, 0.1) is 23.3 Å². The summed E-state index contributed by atoms with van der Waals surface area (Å²) in [6.07, 6.45) is 0. The van der Waals surface area contributed by atoms with Crippen molar-refractivity contribution < 1.29 is 13.2 Å². The average molecular weight is 415 g/mol. The molecule has 0 aliphatic carbocycles. The van der Waals surface area contributed by atoms with Gasteiger partial charge in [0.25, 0.3) is 0 Å². The Bertz CT molecular complexity index is 867. The van der Waals surface area contributed by atoms with Gasteiger partial charge in [-0.3, -0.25) is 0 Å². The normalized spacial score (nSPS) is 15.5. The van der Waals surface area contributed by atoms with E-state index in [0.29, 0.717) is 0 Å². The van der Waals surface area contributed by atoms with E-state index in [1.54, 1.807) is 12.1 Å². The summed E-state index contributed by atoms with van der Waals surface area (Å²) in [6, 6.07) is 12.5. The zero-order valence-corrected chi connectivity index (χ0v) is 16.7. The van der Waals surface area contributed by atoms with E-state index in [4.69, 9.17) is 27.9 Å². The number of nitrogens with zero attached hydrogens (tertiary/aromatic N) is 2. The van der Waals surface area contributed by atoms with Gasteiger partial charge in [-0.25, -0.2) is 8.42 Å². The molecule has 1 heterocycles. The van der Waals surface area contributed by atoms with E-state index in [1.165, 1.54) is 17.4 Å². The highest BCUT2D eigenvalue weighted by Gasteiger charge is 2.24. The monoisotopic (exact) mass is 414 g/mol. The van der Waals surface area contributed by atoms with Crippen LogP contribution < -0.4 is 4.90 Å². The van der Waals surface area contributed by atoms with Crippen molar-refractivity contribution in [3.8, 4) is 0 Å². The molecular weight excluding hydrogens is 395 g/mol. The third-order valence-corrected chi connectivity index (χ3v) is 7.10. The maximum Gasteiger partial charge on any atom is 0.244 e. The summed E-state index contributed by atoms with van der Waals surface area (Å²) in [6.45, 7) is 3.42. The zero-order chi connectivity index (χ0) is 18.7. The molecule has 2 aromatic rings. The highest BCUT2D eigenvalue weighted by atomic mass is 35.5. The molecule has 1 aliphatic heterocycles. The minimum absolute atomic E-state index is 0.0131. The minimum atomic E-state index is -3.73. The molecule has 0 spiro atoms. The molecule has 0 amide bonds. The van der Waals surface area contributed by atoms with Crippen LogP contribution in [0.5, 0.6) is 0 Å². The Morgan fingerprint density at radius 2 is 1.73 bits per heavy atom. The van der Waals surface area contributed by atoms with Gasteiger partial charge >= 0.3 is 0 Å². The van der Waals surface area contributed by atoms with E-state index in [2.05, 4.69) is 4.90 Å². The lowest BCUT2D eigenvalue weighted by Crippen LogP contribution is -2.36. The van der Waals surface area contributed by atoms with E-state index >= 15 is 0 Å². The standard InChI is InChI=1S/C18H20Cl2N2O3S/c1-21(26(23,24)17-4-2-3-16(19)18(17)20)13-14-5-7-15(8-6-14)22-9-11-25-12-10-22/h2-8H,9-13H2,1H3. The van der Waals surface area contributed by atoms with Crippen molar-refractivity contribution in [3.63, 3.8) is 0 Å². The lowest BCUT2D eigenvalue weighted by atomic mass is 10.2. The average Bonchev–Trinajstić information content (AvgIpc) is 2.65. The Hall–Kier alpha value is -1.31. The number of rotatable bonds is 5. The number of ether oxygens (including phenoxy) is 1. The summed E-state index contributed by atoms with van der Waals surface area (Å²) in [7, 11) is -2.20. The highest BCUT2D eigenvalue weighted by molar-refractivity contribution is 7.89. The molecule has 0 unspecified atom stereocenters. The van der Waals surface area contributed by atoms with Crippen molar-refractivity contribution in [2.45, 2.75) is 11.4 Å². The summed E-state index contributed by atoms with van der Waals surface area (Å²) in [4.78, 5) is 2.26. The molecule has 0 N–H and O–H groups in total. The van der Waals surface area contributed by atoms with Gasteiger partial charge in [0.15, 0.2) is 0 Å². The van der Waals surface area contributed by atoms with Crippen LogP contribution in [-0.4, -0.2) is 46.1 Å². The Labute approximate surface area is 164 Å². The molecule has 1 aliphatic rings. The van der Waals surface area contributed by atoms with Gasteiger partial charge in [0.2, 0.25) is 10.0 Å². The minimum Gasteiger partial charge on any atom is -0.378 e. The first-order chi connectivity index (χ1) is 12.4. The molecule has 1 saturated heterocycles. The van der Waals surface area contributed by atoms with Crippen molar-refractivity contribution >= 4 is 38.9 Å². The van der Waals surface area contributed by atoms with Crippen LogP contribution in [-0.2, 0) is 21.3 Å². The molecule has 3 rings (SSSR count). The number of morpholine rings is 1. The third kappa shape index (κ3) is 4.15. The summed E-state index contributed by atoms with van der Waals surface area (Å²) in [5.41, 5.74) is 2.01. The van der Waals surface area contributed by atoms with Crippen LogP contribution in [0, 0.1) is 0 Å².